The van der Waals surface area contributed by atoms with E-state index in [1.807, 2.05) is 11.8 Å². The number of thioether (sulfide) groups is 1. The summed E-state index contributed by atoms with van der Waals surface area (Å²) in [5, 5.41) is 6.23. The number of nitrogens with one attached hydrogen (secondary N) is 2. The lowest BCUT2D eigenvalue weighted by atomic mass is 10.2. The molecule has 0 aromatic heterocycles. The molecule has 1 atom stereocenters. The van der Waals surface area contributed by atoms with E-state index in [4.69, 9.17) is 14.2 Å². The zero-order valence-electron chi connectivity index (χ0n) is 13.5. The van der Waals surface area contributed by atoms with Crippen molar-refractivity contribution < 1.29 is 19.0 Å². The Balaban J connectivity index is 0.00000264. The third-order valence-electron chi connectivity index (χ3n) is 3.41. The van der Waals surface area contributed by atoms with E-state index in [1.54, 1.807) is 33.5 Å². The quantitative estimate of drug-likeness (QED) is 0.808. The number of halogens is 1. The van der Waals surface area contributed by atoms with Gasteiger partial charge in [-0.25, -0.2) is 0 Å². The van der Waals surface area contributed by atoms with E-state index < -0.39 is 0 Å². The van der Waals surface area contributed by atoms with Crippen LogP contribution in [0, 0.1) is 0 Å². The SMILES string of the molecule is COc1cc(OC)c(OC)cc1NC(=O)CC1CSCCN1.Cl. The topological polar surface area (TPSA) is 68.8 Å². The molecule has 130 valence electrons. The first-order chi connectivity index (χ1) is 10.7. The molecule has 1 fully saturated rings. The zero-order chi connectivity index (χ0) is 15.9. The molecule has 1 saturated heterocycles. The first-order valence-corrected chi connectivity index (χ1v) is 8.24. The van der Waals surface area contributed by atoms with Crippen LogP contribution in [0.15, 0.2) is 12.1 Å². The molecular formula is C15H23ClN2O4S. The van der Waals surface area contributed by atoms with Gasteiger partial charge in [0.1, 0.15) is 5.75 Å². The number of benzene rings is 1. The lowest BCUT2D eigenvalue weighted by Gasteiger charge is -2.22. The summed E-state index contributed by atoms with van der Waals surface area (Å²) in [5.41, 5.74) is 0.577. The van der Waals surface area contributed by atoms with Crippen LogP contribution in [0.2, 0.25) is 0 Å². The summed E-state index contributed by atoms with van der Waals surface area (Å²) < 4.78 is 15.8. The molecule has 2 rings (SSSR count). The number of rotatable bonds is 6. The predicted octanol–water partition coefficient (Wildman–Crippen LogP) is 2.17. The molecule has 6 nitrogen and oxygen atoms in total. The molecule has 0 bridgehead atoms. The van der Waals surface area contributed by atoms with Gasteiger partial charge in [-0.05, 0) is 0 Å². The number of methoxy groups -OCH3 is 3. The van der Waals surface area contributed by atoms with Gasteiger partial charge < -0.3 is 24.8 Å². The average molecular weight is 363 g/mol. The number of hydrogen-bond donors (Lipinski definition) is 2. The van der Waals surface area contributed by atoms with Gasteiger partial charge in [0.25, 0.3) is 0 Å². The van der Waals surface area contributed by atoms with Crippen LogP contribution in [0.1, 0.15) is 6.42 Å². The second-order valence-electron chi connectivity index (χ2n) is 4.89. The van der Waals surface area contributed by atoms with Crippen molar-refractivity contribution in [1.29, 1.82) is 0 Å². The number of anilines is 1. The van der Waals surface area contributed by atoms with E-state index >= 15 is 0 Å². The van der Waals surface area contributed by atoms with E-state index in [-0.39, 0.29) is 24.4 Å². The Morgan fingerprint density at radius 3 is 2.43 bits per heavy atom. The minimum Gasteiger partial charge on any atom is -0.494 e. The summed E-state index contributed by atoms with van der Waals surface area (Å²) in [4.78, 5) is 12.2. The molecule has 1 aromatic rings. The van der Waals surface area contributed by atoms with Gasteiger partial charge in [-0.3, -0.25) is 4.79 Å². The zero-order valence-corrected chi connectivity index (χ0v) is 15.1. The standard InChI is InChI=1S/C15H22N2O4S.ClH/c1-19-12-8-14(21-3)13(20-2)7-11(12)17-15(18)6-10-9-22-5-4-16-10;/h7-8,10,16H,4-6,9H2,1-3H3,(H,17,18);1H. The minimum absolute atomic E-state index is 0. The molecule has 1 aliphatic heterocycles. The van der Waals surface area contributed by atoms with Crippen LogP contribution in [0.5, 0.6) is 17.2 Å². The Morgan fingerprint density at radius 1 is 1.22 bits per heavy atom. The minimum atomic E-state index is -0.0504. The van der Waals surface area contributed by atoms with Gasteiger partial charge in [-0.2, -0.15) is 11.8 Å². The molecule has 0 spiro atoms. The monoisotopic (exact) mass is 362 g/mol. The Kier molecular flexibility index (Phi) is 8.36. The van der Waals surface area contributed by atoms with Gasteiger partial charge >= 0.3 is 0 Å². The third kappa shape index (κ3) is 5.37. The molecule has 8 heteroatoms. The van der Waals surface area contributed by atoms with Crippen molar-refractivity contribution in [1.82, 2.24) is 5.32 Å². The highest BCUT2D eigenvalue weighted by molar-refractivity contribution is 7.99. The summed E-state index contributed by atoms with van der Waals surface area (Å²) in [6.45, 7) is 0.947. The molecule has 2 N–H and O–H groups in total. The molecule has 1 aromatic carbocycles. The highest BCUT2D eigenvalue weighted by Gasteiger charge is 2.19. The van der Waals surface area contributed by atoms with Crippen molar-refractivity contribution in [3.05, 3.63) is 12.1 Å². The van der Waals surface area contributed by atoms with Crippen LogP contribution in [0.3, 0.4) is 0 Å². The summed E-state index contributed by atoms with van der Waals surface area (Å²) in [6, 6.07) is 3.62. The molecule has 0 aliphatic carbocycles. The number of carbonyl (C=O) groups excluding carboxylic acids is 1. The van der Waals surface area contributed by atoms with Gasteiger partial charge in [-0.15, -0.1) is 12.4 Å². The van der Waals surface area contributed by atoms with Crippen molar-refractivity contribution >= 4 is 35.8 Å². The maximum atomic E-state index is 12.2. The van der Waals surface area contributed by atoms with Crippen LogP contribution in [-0.4, -0.2) is 51.3 Å². The molecule has 23 heavy (non-hydrogen) atoms. The maximum Gasteiger partial charge on any atom is 0.226 e. The lowest BCUT2D eigenvalue weighted by molar-refractivity contribution is -0.116. The van der Waals surface area contributed by atoms with E-state index in [0.29, 0.717) is 29.4 Å². The van der Waals surface area contributed by atoms with Crippen LogP contribution in [0.25, 0.3) is 0 Å². The number of amides is 1. The molecular weight excluding hydrogens is 340 g/mol. The van der Waals surface area contributed by atoms with Gasteiger partial charge in [0.05, 0.1) is 27.0 Å². The first kappa shape index (κ1) is 19.7. The first-order valence-electron chi connectivity index (χ1n) is 7.09. The largest absolute Gasteiger partial charge is 0.494 e. The van der Waals surface area contributed by atoms with Gasteiger partial charge in [0.2, 0.25) is 5.91 Å². The molecule has 0 saturated carbocycles. The summed E-state index contributed by atoms with van der Waals surface area (Å²) in [5.74, 6) is 3.65. The van der Waals surface area contributed by atoms with E-state index in [9.17, 15) is 4.79 Å². The van der Waals surface area contributed by atoms with Crippen molar-refractivity contribution in [2.45, 2.75) is 12.5 Å². The van der Waals surface area contributed by atoms with Gasteiger partial charge in [0, 0.05) is 42.6 Å². The van der Waals surface area contributed by atoms with Crippen molar-refractivity contribution in [2.24, 2.45) is 0 Å². The normalized spacial score (nSPS) is 16.9. The molecule has 1 unspecified atom stereocenters. The molecule has 0 radical (unpaired) electrons. The molecule has 1 amide bonds. The van der Waals surface area contributed by atoms with E-state index in [0.717, 1.165) is 18.1 Å². The number of ether oxygens (including phenoxy) is 3. The van der Waals surface area contributed by atoms with Gasteiger partial charge in [0.15, 0.2) is 11.5 Å². The van der Waals surface area contributed by atoms with Crippen molar-refractivity contribution in [2.75, 3.05) is 44.7 Å². The number of hydrogen-bond acceptors (Lipinski definition) is 6. The van der Waals surface area contributed by atoms with Crippen LogP contribution in [0.4, 0.5) is 5.69 Å². The highest BCUT2D eigenvalue weighted by Crippen LogP contribution is 2.37. The summed E-state index contributed by atoms with van der Waals surface area (Å²) in [6.07, 6.45) is 0.435. The summed E-state index contributed by atoms with van der Waals surface area (Å²) in [7, 11) is 4.66. The average Bonchev–Trinajstić information content (AvgIpc) is 2.55. The van der Waals surface area contributed by atoms with Crippen LogP contribution in [-0.2, 0) is 4.79 Å². The predicted molar refractivity (Wildman–Crippen MR) is 95.7 cm³/mol. The Morgan fingerprint density at radius 2 is 1.87 bits per heavy atom. The van der Waals surface area contributed by atoms with E-state index in [1.165, 1.54) is 0 Å². The molecule has 1 heterocycles. The Hall–Kier alpha value is -1.31. The third-order valence-corrected chi connectivity index (χ3v) is 4.54. The van der Waals surface area contributed by atoms with Crippen LogP contribution < -0.4 is 24.8 Å². The fourth-order valence-electron chi connectivity index (χ4n) is 2.30. The van der Waals surface area contributed by atoms with Crippen molar-refractivity contribution in [3.8, 4) is 17.2 Å². The van der Waals surface area contributed by atoms with E-state index in [2.05, 4.69) is 10.6 Å². The highest BCUT2D eigenvalue weighted by atomic mass is 35.5. The van der Waals surface area contributed by atoms with Crippen LogP contribution >= 0.6 is 24.2 Å². The smallest absolute Gasteiger partial charge is 0.226 e. The van der Waals surface area contributed by atoms with Gasteiger partial charge in [-0.1, -0.05) is 0 Å². The second kappa shape index (κ2) is 9.75. The fraction of sp³-hybridized carbons (Fsp3) is 0.533. The lowest BCUT2D eigenvalue weighted by Crippen LogP contribution is -2.39. The summed E-state index contributed by atoms with van der Waals surface area (Å²) >= 11 is 1.87. The fourth-order valence-corrected chi connectivity index (χ4v) is 3.25. The second-order valence-corrected chi connectivity index (χ2v) is 6.04. The van der Waals surface area contributed by atoms with Crippen molar-refractivity contribution in [3.63, 3.8) is 0 Å². The maximum absolute atomic E-state index is 12.2. The Bertz CT molecular complexity index is 524. The number of carbonyl (C=O) groups is 1. The molecule has 1 aliphatic rings. The Labute approximate surface area is 147 Å².